The number of benzene rings is 2. The van der Waals surface area contributed by atoms with E-state index in [1.54, 1.807) is 0 Å². The van der Waals surface area contributed by atoms with E-state index < -0.39 is 0 Å². The molecule has 1 fully saturated rings. The summed E-state index contributed by atoms with van der Waals surface area (Å²) in [4.78, 5) is 2.49. The smallest absolute Gasteiger partial charge is 0.123 e. The molecule has 0 saturated carbocycles. The monoisotopic (exact) mass is 344 g/mol. The van der Waals surface area contributed by atoms with Gasteiger partial charge in [-0.3, -0.25) is 0 Å². The number of likely N-dealkylation sites (tertiary alicyclic amines) is 1. The van der Waals surface area contributed by atoms with Crippen molar-refractivity contribution < 1.29 is 8.78 Å². The molecule has 0 bridgehead atoms. The number of nitrogens with zero attached hydrogens (tertiary/aromatic N) is 1. The van der Waals surface area contributed by atoms with Crippen molar-refractivity contribution in [2.45, 2.75) is 18.8 Å². The molecule has 0 amide bonds. The molecule has 1 unspecified atom stereocenters. The summed E-state index contributed by atoms with van der Waals surface area (Å²) >= 11 is 0. The highest BCUT2D eigenvalue weighted by atomic mass is 19.1. The van der Waals surface area contributed by atoms with E-state index in [0.29, 0.717) is 5.92 Å². The zero-order valence-electron chi connectivity index (χ0n) is 14.7. The summed E-state index contributed by atoms with van der Waals surface area (Å²) in [6.45, 7) is 4.06. The zero-order valence-corrected chi connectivity index (χ0v) is 14.7. The van der Waals surface area contributed by atoms with Crippen LogP contribution in [-0.4, -0.2) is 38.1 Å². The Balaban J connectivity index is 1.81. The molecule has 1 aliphatic rings. The lowest BCUT2D eigenvalue weighted by atomic mass is 9.89. The van der Waals surface area contributed by atoms with Crippen LogP contribution >= 0.6 is 0 Å². The molecule has 2 aromatic rings. The molecule has 25 heavy (non-hydrogen) atoms. The van der Waals surface area contributed by atoms with E-state index in [1.165, 1.54) is 37.1 Å². The Kier molecular flexibility index (Phi) is 6.16. The zero-order chi connectivity index (χ0) is 17.6. The van der Waals surface area contributed by atoms with Crippen LogP contribution in [0.25, 0.3) is 0 Å². The minimum atomic E-state index is -0.228. The summed E-state index contributed by atoms with van der Waals surface area (Å²) in [6.07, 6.45) is 2.46. The third-order valence-electron chi connectivity index (χ3n) is 5.08. The molecule has 3 rings (SSSR count). The molecule has 0 spiro atoms. The first-order chi connectivity index (χ1) is 12.2. The molecule has 1 atom stereocenters. The van der Waals surface area contributed by atoms with Crippen LogP contribution in [0.15, 0.2) is 48.5 Å². The second-order valence-corrected chi connectivity index (χ2v) is 6.98. The maximum Gasteiger partial charge on any atom is 0.123 e. The van der Waals surface area contributed by atoms with Gasteiger partial charge in [0, 0.05) is 19.0 Å². The average molecular weight is 344 g/mol. The van der Waals surface area contributed by atoms with Gasteiger partial charge in [-0.15, -0.1) is 0 Å². The Labute approximate surface area is 148 Å². The second-order valence-electron chi connectivity index (χ2n) is 6.98. The quantitative estimate of drug-likeness (QED) is 0.851. The number of piperidine rings is 1. The summed E-state index contributed by atoms with van der Waals surface area (Å²) < 4.78 is 26.7. The molecule has 0 radical (unpaired) electrons. The third-order valence-corrected chi connectivity index (χ3v) is 5.08. The van der Waals surface area contributed by atoms with Crippen LogP contribution < -0.4 is 5.32 Å². The van der Waals surface area contributed by atoms with Crippen molar-refractivity contribution in [2.24, 2.45) is 5.92 Å². The molecular weight excluding hydrogens is 318 g/mol. The van der Waals surface area contributed by atoms with Gasteiger partial charge in [-0.2, -0.15) is 0 Å². The fourth-order valence-corrected chi connectivity index (χ4v) is 3.82. The number of hydrogen-bond donors (Lipinski definition) is 1. The first kappa shape index (κ1) is 18.0. The van der Waals surface area contributed by atoms with Gasteiger partial charge in [0.15, 0.2) is 0 Å². The van der Waals surface area contributed by atoms with Crippen LogP contribution in [-0.2, 0) is 0 Å². The van der Waals surface area contributed by atoms with Gasteiger partial charge in [0.1, 0.15) is 11.6 Å². The number of nitrogens with one attached hydrogen (secondary N) is 1. The largest absolute Gasteiger partial charge is 0.319 e. The molecule has 0 aromatic heterocycles. The van der Waals surface area contributed by atoms with E-state index in [-0.39, 0.29) is 17.6 Å². The van der Waals surface area contributed by atoms with Gasteiger partial charge in [0.2, 0.25) is 0 Å². The molecule has 2 nitrogen and oxygen atoms in total. The van der Waals surface area contributed by atoms with E-state index in [0.717, 1.165) is 37.3 Å². The van der Waals surface area contributed by atoms with E-state index in [9.17, 15) is 8.78 Å². The molecule has 1 saturated heterocycles. The van der Waals surface area contributed by atoms with E-state index in [1.807, 2.05) is 31.3 Å². The van der Waals surface area contributed by atoms with Crippen LogP contribution in [0.4, 0.5) is 8.78 Å². The predicted molar refractivity (Wildman–Crippen MR) is 97.7 cm³/mol. The van der Waals surface area contributed by atoms with Gasteiger partial charge < -0.3 is 10.2 Å². The Bertz CT molecular complexity index is 607. The molecule has 1 N–H and O–H groups in total. The number of halogens is 2. The fourth-order valence-electron chi connectivity index (χ4n) is 3.82. The third kappa shape index (κ3) is 4.86. The van der Waals surface area contributed by atoms with Gasteiger partial charge in [-0.25, -0.2) is 8.78 Å². The SMILES string of the molecule is CNCC1CCCN(CC(c2ccc(F)cc2)c2ccc(F)cc2)C1. The topological polar surface area (TPSA) is 15.3 Å². The molecule has 4 heteroatoms. The normalized spacial score (nSPS) is 18.6. The van der Waals surface area contributed by atoms with Crippen LogP contribution in [0.5, 0.6) is 0 Å². The molecule has 0 aliphatic carbocycles. The van der Waals surface area contributed by atoms with Crippen molar-refractivity contribution in [1.82, 2.24) is 10.2 Å². The van der Waals surface area contributed by atoms with Gasteiger partial charge in [-0.1, -0.05) is 24.3 Å². The minimum Gasteiger partial charge on any atom is -0.319 e. The Morgan fingerprint density at radius 3 is 2.08 bits per heavy atom. The number of hydrogen-bond acceptors (Lipinski definition) is 2. The Hall–Kier alpha value is -1.78. The first-order valence-corrected chi connectivity index (χ1v) is 9.03. The molecular formula is C21H26F2N2. The van der Waals surface area contributed by atoms with E-state index >= 15 is 0 Å². The van der Waals surface area contributed by atoms with Gasteiger partial charge in [-0.05, 0) is 74.3 Å². The lowest BCUT2D eigenvalue weighted by Crippen LogP contribution is -2.41. The van der Waals surface area contributed by atoms with E-state index in [2.05, 4.69) is 10.2 Å². The first-order valence-electron chi connectivity index (χ1n) is 9.03. The van der Waals surface area contributed by atoms with Gasteiger partial charge >= 0.3 is 0 Å². The van der Waals surface area contributed by atoms with Crippen molar-refractivity contribution >= 4 is 0 Å². The summed E-state index contributed by atoms with van der Waals surface area (Å²) in [6, 6.07) is 13.4. The molecule has 134 valence electrons. The summed E-state index contributed by atoms with van der Waals surface area (Å²) in [7, 11) is 2.00. The molecule has 1 aliphatic heterocycles. The summed E-state index contributed by atoms with van der Waals surface area (Å²) in [5.74, 6) is 0.331. The maximum absolute atomic E-state index is 13.3. The van der Waals surface area contributed by atoms with Crippen molar-refractivity contribution in [2.75, 3.05) is 33.2 Å². The summed E-state index contributed by atoms with van der Waals surface area (Å²) in [5, 5.41) is 3.28. The highest BCUT2D eigenvalue weighted by Crippen LogP contribution is 2.28. The Morgan fingerprint density at radius 2 is 1.56 bits per heavy atom. The molecule has 2 aromatic carbocycles. The van der Waals surface area contributed by atoms with Gasteiger partial charge in [0.25, 0.3) is 0 Å². The van der Waals surface area contributed by atoms with E-state index in [4.69, 9.17) is 0 Å². The minimum absolute atomic E-state index is 0.120. The van der Waals surface area contributed by atoms with Crippen molar-refractivity contribution in [3.05, 3.63) is 71.3 Å². The molecule has 1 heterocycles. The van der Waals surface area contributed by atoms with Crippen molar-refractivity contribution in [1.29, 1.82) is 0 Å². The van der Waals surface area contributed by atoms with Crippen LogP contribution in [0.3, 0.4) is 0 Å². The van der Waals surface area contributed by atoms with Crippen molar-refractivity contribution in [3.63, 3.8) is 0 Å². The van der Waals surface area contributed by atoms with Crippen LogP contribution in [0, 0.1) is 17.6 Å². The Morgan fingerprint density at radius 1 is 1.00 bits per heavy atom. The average Bonchev–Trinajstić information content (AvgIpc) is 2.62. The van der Waals surface area contributed by atoms with Gasteiger partial charge in [0.05, 0.1) is 0 Å². The summed E-state index contributed by atoms with van der Waals surface area (Å²) in [5.41, 5.74) is 2.15. The number of rotatable bonds is 6. The second kappa shape index (κ2) is 8.54. The standard InChI is InChI=1S/C21H26F2N2/c1-24-13-16-3-2-12-25(14-16)15-21(17-4-8-19(22)9-5-17)18-6-10-20(23)11-7-18/h4-11,16,21,24H,2-3,12-15H2,1H3. The maximum atomic E-state index is 13.3. The van der Waals surface area contributed by atoms with Crippen molar-refractivity contribution in [3.8, 4) is 0 Å². The highest BCUT2D eigenvalue weighted by molar-refractivity contribution is 5.33. The lowest BCUT2D eigenvalue weighted by Gasteiger charge is -2.35. The van der Waals surface area contributed by atoms with Crippen LogP contribution in [0.2, 0.25) is 0 Å². The predicted octanol–water partition coefficient (Wildman–Crippen LogP) is 4.03. The lowest BCUT2D eigenvalue weighted by molar-refractivity contribution is 0.169. The fraction of sp³-hybridized carbons (Fsp3) is 0.429. The van der Waals surface area contributed by atoms with Crippen LogP contribution in [0.1, 0.15) is 29.9 Å². The highest BCUT2D eigenvalue weighted by Gasteiger charge is 2.24.